The number of amides is 1. The number of amidine groups is 1. The molecule has 4 rings (SSSR count). The lowest BCUT2D eigenvalue weighted by Crippen LogP contribution is -2.31. The minimum atomic E-state index is -0.0594. The van der Waals surface area contributed by atoms with Gasteiger partial charge in [0.2, 0.25) is 0 Å². The lowest BCUT2D eigenvalue weighted by atomic mass is 10.0. The standard InChI is InChI=1S/C24H22BrN3O2S/c1-4-14-28-23(29)22(31-24(28)26-18-9-7-17(25)8-10-18)21-12-6-16-15-19(30-3)11-13-20(16)27(21)5-2/h4,6-13,15H,1,5,14H2,2-3H3. The fourth-order valence-electron chi connectivity index (χ4n) is 3.53. The second-order valence-corrected chi connectivity index (χ2v) is 8.79. The topological polar surface area (TPSA) is 45.1 Å². The van der Waals surface area contributed by atoms with Crippen molar-refractivity contribution in [2.75, 3.05) is 25.1 Å². The van der Waals surface area contributed by atoms with Crippen molar-refractivity contribution in [3.8, 4) is 5.75 Å². The number of aliphatic imine (C=N–C) groups is 1. The monoisotopic (exact) mass is 495 g/mol. The van der Waals surface area contributed by atoms with E-state index in [4.69, 9.17) is 9.73 Å². The number of hydrogen-bond donors (Lipinski definition) is 0. The molecule has 1 amide bonds. The molecule has 158 valence electrons. The number of halogens is 1. The van der Waals surface area contributed by atoms with Crippen molar-refractivity contribution in [1.82, 2.24) is 4.90 Å². The maximum Gasteiger partial charge on any atom is 0.269 e. The zero-order valence-electron chi connectivity index (χ0n) is 17.3. The maximum atomic E-state index is 13.4. The highest BCUT2D eigenvalue weighted by Crippen LogP contribution is 2.41. The number of methoxy groups -OCH3 is 1. The van der Waals surface area contributed by atoms with E-state index < -0.39 is 0 Å². The van der Waals surface area contributed by atoms with E-state index in [1.807, 2.05) is 54.6 Å². The number of nitrogens with zero attached hydrogens (tertiary/aromatic N) is 3. The summed E-state index contributed by atoms with van der Waals surface area (Å²) in [5.74, 6) is 0.749. The average Bonchev–Trinajstić information content (AvgIpc) is 3.09. The zero-order valence-corrected chi connectivity index (χ0v) is 19.7. The molecule has 0 atom stereocenters. The summed E-state index contributed by atoms with van der Waals surface area (Å²) >= 11 is 4.85. The van der Waals surface area contributed by atoms with Gasteiger partial charge < -0.3 is 9.64 Å². The molecule has 0 saturated carbocycles. The Morgan fingerprint density at radius 1 is 1.16 bits per heavy atom. The molecule has 31 heavy (non-hydrogen) atoms. The summed E-state index contributed by atoms with van der Waals surface area (Å²) in [5.41, 5.74) is 3.79. The van der Waals surface area contributed by atoms with E-state index >= 15 is 0 Å². The average molecular weight is 496 g/mol. The minimum absolute atomic E-state index is 0.0594. The highest BCUT2D eigenvalue weighted by atomic mass is 79.9. The first-order chi connectivity index (χ1) is 15.0. The van der Waals surface area contributed by atoms with Crippen LogP contribution in [0.15, 0.2) is 81.3 Å². The SMILES string of the molecule is C=CCN1C(=O)C(=C2C=Cc3cc(OC)ccc3N2CC)SC1=Nc1ccc(Br)cc1. The lowest BCUT2D eigenvalue weighted by molar-refractivity contribution is -0.121. The molecule has 1 fully saturated rings. The Balaban J connectivity index is 1.76. The van der Waals surface area contributed by atoms with Crippen LogP contribution in [-0.4, -0.2) is 36.2 Å². The van der Waals surface area contributed by atoms with Crippen LogP contribution in [0.2, 0.25) is 0 Å². The van der Waals surface area contributed by atoms with Crippen molar-refractivity contribution < 1.29 is 9.53 Å². The molecular weight excluding hydrogens is 474 g/mol. The van der Waals surface area contributed by atoms with Crippen LogP contribution in [-0.2, 0) is 4.79 Å². The Labute approximate surface area is 194 Å². The molecule has 0 aromatic heterocycles. The predicted molar refractivity (Wildman–Crippen MR) is 133 cm³/mol. The van der Waals surface area contributed by atoms with Crippen molar-refractivity contribution in [3.05, 3.63) is 81.8 Å². The summed E-state index contributed by atoms with van der Waals surface area (Å²) in [7, 11) is 1.66. The molecule has 0 radical (unpaired) electrons. The number of likely N-dealkylation sites (N-methyl/N-ethyl adjacent to an activating group) is 1. The van der Waals surface area contributed by atoms with Crippen molar-refractivity contribution >= 4 is 56.2 Å². The van der Waals surface area contributed by atoms with Crippen LogP contribution >= 0.6 is 27.7 Å². The first kappa shape index (κ1) is 21.5. The molecule has 1 saturated heterocycles. The van der Waals surface area contributed by atoms with Crippen molar-refractivity contribution in [1.29, 1.82) is 0 Å². The Morgan fingerprint density at radius 3 is 2.61 bits per heavy atom. The second-order valence-electron chi connectivity index (χ2n) is 6.89. The summed E-state index contributed by atoms with van der Waals surface area (Å²) in [6.45, 7) is 7.03. The Bertz CT molecular complexity index is 1120. The van der Waals surface area contributed by atoms with Gasteiger partial charge in [0.1, 0.15) is 10.7 Å². The first-order valence-electron chi connectivity index (χ1n) is 9.88. The van der Waals surface area contributed by atoms with Gasteiger partial charge in [-0.2, -0.15) is 0 Å². The van der Waals surface area contributed by atoms with Crippen molar-refractivity contribution in [3.63, 3.8) is 0 Å². The number of fused-ring (bicyclic) bond motifs is 1. The van der Waals surface area contributed by atoms with Crippen LogP contribution in [0.5, 0.6) is 5.75 Å². The maximum absolute atomic E-state index is 13.4. The van der Waals surface area contributed by atoms with E-state index in [0.717, 1.165) is 39.4 Å². The van der Waals surface area contributed by atoms with Crippen LogP contribution in [0.1, 0.15) is 12.5 Å². The summed E-state index contributed by atoms with van der Waals surface area (Å²) in [6.07, 6.45) is 5.75. The van der Waals surface area contributed by atoms with E-state index in [9.17, 15) is 4.79 Å². The van der Waals surface area contributed by atoms with Gasteiger partial charge in [0.25, 0.3) is 5.91 Å². The van der Waals surface area contributed by atoms with Crippen LogP contribution < -0.4 is 9.64 Å². The zero-order chi connectivity index (χ0) is 22.0. The molecule has 0 unspecified atom stereocenters. The number of hydrogen-bond acceptors (Lipinski definition) is 5. The minimum Gasteiger partial charge on any atom is -0.497 e. The number of allylic oxidation sites excluding steroid dienone is 1. The molecule has 0 N–H and O–H groups in total. The first-order valence-corrected chi connectivity index (χ1v) is 11.5. The van der Waals surface area contributed by atoms with Gasteiger partial charge in [0.15, 0.2) is 5.17 Å². The van der Waals surface area contributed by atoms with Gasteiger partial charge in [0.05, 0.1) is 18.5 Å². The molecular formula is C24H22BrN3O2S. The fourth-order valence-corrected chi connectivity index (χ4v) is 4.87. The molecule has 2 aliphatic heterocycles. The van der Waals surface area contributed by atoms with Crippen molar-refractivity contribution in [2.24, 2.45) is 4.99 Å². The Kier molecular flexibility index (Phi) is 6.34. The number of thioether (sulfide) groups is 1. The molecule has 2 heterocycles. The van der Waals surface area contributed by atoms with Gasteiger partial charge >= 0.3 is 0 Å². The van der Waals surface area contributed by atoms with E-state index in [2.05, 4.69) is 34.3 Å². The third-order valence-corrected chi connectivity index (χ3v) is 6.62. The summed E-state index contributed by atoms with van der Waals surface area (Å²) < 4.78 is 6.34. The highest BCUT2D eigenvalue weighted by molar-refractivity contribution is 9.10. The molecule has 2 aromatic carbocycles. The van der Waals surface area contributed by atoms with Crippen LogP contribution in [0, 0.1) is 0 Å². The summed E-state index contributed by atoms with van der Waals surface area (Å²) in [6, 6.07) is 13.7. The number of carbonyl (C=O) groups excluding carboxylic acids is 1. The molecule has 5 nitrogen and oxygen atoms in total. The van der Waals surface area contributed by atoms with E-state index in [1.54, 1.807) is 18.1 Å². The number of anilines is 1. The lowest BCUT2D eigenvalue weighted by Gasteiger charge is -2.30. The van der Waals surface area contributed by atoms with Crippen LogP contribution in [0.25, 0.3) is 6.08 Å². The summed E-state index contributed by atoms with van der Waals surface area (Å²) in [4.78, 5) is 22.6. The number of rotatable bonds is 5. The predicted octanol–water partition coefficient (Wildman–Crippen LogP) is 5.97. The Hall–Kier alpha value is -2.77. The molecule has 0 aliphatic carbocycles. The quantitative estimate of drug-likeness (QED) is 0.378. The summed E-state index contributed by atoms with van der Waals surface area (Å²) in [5, 5.41) is 0.653. The molecule has 0 spiro atoms. The van der Waals surface area contributed by atoms with E-state index in [0.29, 0.717) is 16.6 Å². The van der Waals surface area contributed by atoms with Gasteiger partial charge in [-0.15, -0.1) is 6.58 Å². The number of ether oxygens (including phenoxy) is 1. The molecule has 0 bridgehead atoms. The van der Waals surface area contributed by atoms with Crippen LogP contribution in [0.3, 0.4) is 0 Å². The highest BCUT2D eigenvalue weighted by Gasteiger charge is 2.36. The number of carbonyl (C=O) groups is 1. The smallest absolute Gasteiger partial charge is 0.269 e. The van der Waals surface area contributed by atoms with Gasteiger partial charge in [-0.1, -0.05) is 28.1 Å². The largest absolute Gasteiger partial charge is 0.497 e. The van der Waals surface area contributed by atoms with Gasteiger partial charge in [-0.3, -0.25) is 9.69 Å². The number of benzene rings is 2. The normalized spacial score (nSPS) is 19.2. The van der Waals surface area contributed by atoms with Gasteiger partial charge in [-0.25, -0.2) is 4.99 Å². The van der Waals surface area contributed by atoms with Crippen molar-refractivity contribution in [2.45, 2.75) is 6.92 Å². The van der Waals surface area contributed by atoms with Crippen LogP contribution in [0.4, 0.5) is 11.4 Å². The van der Waals surface area contributed by atoms with Gasteiger partial charge in [0, 0.05) is 28.8 Å². The fraction of sp³-hybridized carbons (Fsp3) is 0.167. The molecule has 2 aromatic rings. The van der Waals surface area contributed by atoms with Gasteiger partial charge in [-0.05, 0) is 67.2 Å². The molecule has 7 heteroatoms. The molecule has 2 aliphatic rings. The third kappa shape index (κ3) is 4.20. The van der Waals surface area contributed by atoms with E-state index in [1.165, 1.54) is 11.8 Å². The van der Waals surface area contributed by atoms with E-state index in [-0.39, 0.29) is 5.91 Å². The third-order valence-electron chi connectivity index (χ3n) is 5.01. The second kappa shape index (κ2) is 9.16. The Morgan fingerprint density at radius 2 is 1.94 bits per heavy atom.